The molecule has 1 atom stereocenters. The second-order valence-electron chi connectivity index (χ2n) is 6.74. The summed E-state index contributed by atoms with van der Waals surface area (Å²) < 4.78 is 16.3. The number of carbonyl (C=O) groups is 1. The fourth-order valence-corrected chi connectivity index (χ4v) is 3.65. The lowest BCUT2D eigenvalue weighted by molar-refractivity contribution is -0.117. The van der Waals surface area contributed by atoms with Gasteiger partial charge in [-0.15, -0.1) is 0 Å². The highest BCUT2D eigenvalue weighted by atomic mass is 16.5. The zero-order chi connectivity index (χ0) is 19.9. The summed E-state index contributed by atoms with van der Waals surface area (Å²) in [4.78, 5) is 14.8. The summed E-state index contributed by atoms with van der Waals surface area (Å²) in [6, 6.07) is 13.5. The Kier molecular flexibility index (Phi) is 6.76. The molecule has 1 heterocycles. The first-order chi connectivity index (χ1) is 13.6. The number of benzene rings is 2. The maximum atomic E-state index is 12.6. The number of amides is 1. The van der Waals surface area contributed by atoms with Gasteiger partial charge in [0.1, 0.15) is 17.2 Å². The van der Waals surface area contributed by atoms with E-state index < -0.39 is 0 Å². The molecule has 0 unspecified atom stereocenters. The molecular formula is C22H28N2O4. The first kappa shape index (κ1) is 20.0. The smallest absolute Gasteiger partial charge is 0.238 e. The second kappa shape index (κ2) is 9.46. The van der Waals surface area contributed by atoms with E-state index in [-0.39, 0.29) is 11.9 Å². The number of hydrogen-bond donors (Lipinski definition) is 1. The maximum absolute atomic E-state index is 12.6. The Bertz CT molecular complexity index is 792. The molecule has 0 bridgehead atoms. The van der Waals surface area contributed by atoms with Crippen molar-refractivity contribution >= 4 is 11.6 Å². The van der Waals surface area contributed by atoms with Crippen LogP contribution in [0.4, 0.5) is 5.69 Å². The van der Waals surface area contributed by atoms with Crippen molar-refractivity contribution in [3.05, 3.63) is 48.0 Å². The Morgan fingerprint density at radius 3 is 2.54 bits per heavy atom. The molecule has 2 aromatic carbocycles. The summed E-state index contributed by atoms with van der Waals surface area (Å²) in [5.74, 6) is 2.33. The molecule has 1 saturated heterocycles. The van der Waals surface area contributed by atoms with Crippen LogP contribution in [0.2, 0.25) is 0 Å². The summed E-state index contributed by atoms with van der Waals surface area (Å²) >= 11 is 0. The SMILES string of the molecule is CCOc1ccc(NC(=O)CN2CCC[C@@H]2c2ccc(OC)cc2OC)cc1. The van der Waals surface area contributed by atoms with Crippen LogP contribution in [0.1, 0.15) is 31.4 Å². The molecule has 1 fully saturated rings. The van der Waals surface area contributed by atoms with E-state index in [1.54, 1.807) is 14.2 Å². The number of ether oxygens (including phenoxy) is 3. The highest BCUT2D eigenvalue weighted by Crippen LogP contribution is 2.38. The van der Waals surface area contributed by atoms with Crippen molar-refractivity contribution in [2.75, 3.05) is 39.2 Å². The lowest BCUT2D eigenvalue weighted by atomic mass is 10.0. The highest BCUT2D eigenvalue weighted by Gasteiger charge is 2.29. The van der Waals surface area contributed by atoms with Crippen LogP contribution in [0.5, 0.6) is 17.2 Å². The van der Waals surface area contributed by atoms with Gasteiger partial charge in [-0.05, 0) is 56.6 Å². The Hall–Kier alpha value is -2.73. The molecule has 6 heteroatoms. The van der Waals surface area contributed by atoms with Crippen LogP contribution in [-0.2, 0) is 4.79 Å². The average molecular weight is 384 g/mol. The van der Waals surface area contributed by atoms with Gasteiger partial charge in [-0.1, -0.05) is 6.07 Å². The van der Waals surface area contributed by atoms with Gasteiger partial charge in [0, 0.05) is 23.4 Å². The lowest BCUT2D eigenvalue weighted by Crippen LogP contribution is -2.33. The number of carbonyl (C=O) groups excluding carboxylic acids is 1. The van der Waals surface area contributed by atoms with Gasteiger partial charge in [-0.3, -0.25) is 9.69 Å². The van der Waals surface area contributed by atoms with Crippen LogP contribution >= 0.6 is 0 Å². The van der Waals surface area contributed by atoms with Crippen LogP contribution in [-0.4, -0.2) is 44.7 Å². The predicted molar refractivity (Wildman–Crippen MR) is 109 cm³/mol. The number of likely N-dealkylation sites (tertiary alicyclic amines) is 1. The van der Waals surface area contributed by atoms with Crippen molar-refractivity contribution in [2.45, 2.75) is 25.8 Å². The van der Waals surface area contributed by atoms with Crippen LogP contribution in [0.25, 0.3) is 0 Å². The molecule has 2 aromatic rings. The van der Waals surface area contributed by atoms with Crippen molar-refractivity contribution < 1.29 is 19.0 Å². The van der Waals surface area contributed by atoms with E-state index in [1.807, 2.05) is 49.4 Å². The second-order valence-corrected chi connectivity index (χ2v) is 6.74. The molecule has 0 spiro atoms. The van der Waals surface area contributed by atoms with Gasteiger partial charge in [0.05, 0.1) is 27.4 Å². The van der Waals surface area contributed by atoms with Crippen molar-refractivity contribution in [3.63, 3.8) is 0 Å². The molecule has 6 nitrogen and oxygen atoms in total. The molecule has 1 amide bonds. The predicted octanol–water partition coefficient (Wildman–Crippen LogP) is 3.88. The molecule has 150 valence electrons. The third-order valence-electron chi connectivity index (χ3n) is 4.96. The first-order valence-electron chi connectivity index (χ1n) is 9.63. The Balaban J connectivity index is 1.65. The average Bonchev–Trinajstić information content (AvgIpc) is 3.16. The van der Waals surface area contributed by atoms with Crippen molar-refractivity contribution in [1.82, 2.24) is 4.90 Å². The molecule has 3 rings (SSSR count). The lowest BCUT2D eigenvalue weighted by Gasteiger charge is -2.26. The first-order valence-corrected chi connectivity index (χ1v) is 9.63. The molecule has 1 aliphatic heterocycles. The van der Waals surface area contributed by atoms with Gasteiger partial charge in [-0.2, -0.15) is 0 Å². The topological polar surface area (TPSA) is 60.0 Å². The summed E-state index contributed by atoms with van der Waals surface area (Å²) in [7, 11) is 3.30. The van der Waals surface area contributed by atoms with Crippen molar-refractivity contribution in [1.29, 1.82) is 0 Å². The molecule has 0 aliphatic carbocycles. The van der Waals surface area contributed by atoms with E-state index in [1.165, 1.54) is 0 Å². The van der Waals surface area contributed by atoms with Gasteiger partial charge in [0.15, 0.2) is 0 Å². The third-order valence-corrected chi connectivity index (χ3v) is 4.96. The number of nitrogens with one attached hydrogen (secondary N) is 1. The quantitative estimate of drug-likeness (QED) is 0.748. The fraction of sp³-hybridized carbons (Fsp3) is 0.409. The standard InChI is InChI=1S/C22H28N2O4/c1-4-28-17-9-7-16(8-10-17)23-22(25)15-24-13-5-6-20(24)19-12-11-18(26-2)14-21(19)27-3/h7-12,14,20H,4-6,13,15H2,1-3H3,(H,23,25)/t20-/m1/s1. The number of hydrogen-bond acceptors (Lipinski definition) is 5. The molecular weight excluding hydrogens is 356 g/mol. The Labute approximate surface area is 166 Å². The molecule has 1 aliphatic rings. The minimum absolute atomic E-state index is 0.0245. The van der Waals surface area contributed by atoms with Crippen LogP contribution in [0.15, 0.2) is 42.5 Å². The summed E-state index contributed by atoms with van der Waals surface area (Å²) in [5, 5.41) is 2.97. The molecule has 0 radical (unpaired) electrons. The highest BCUT2D eigenvalue weighted by molar-refractivity contribution is 5.92. The largest absolute Gasteiger partial charge is 0.497 e. The zero-order valence-corrected chi connectivity index (χ0v) is 16.7. The van der Waals surface area contributed by atoms with Crippen LogP contribution < -0.4 is 19.5 Å². The van der Waals surface area contributed by atoms with E-state index in [0.717, 1.165) is 47.9 Å². The van der Waals surface area contributed by atoms with Crippen LogP contribution in [0, 0.1) is 0 Å². The summed E-state index contributed by atoms with van der Waals surface area (Å²) in [5.41, 5.74) is 1.86. The minimum atomic E-state index is -0.0245. The Morgan fingerprint density at radius 2 is 1.86 bits per heavy atom. The van der Waals surface area contributed by atoms with E-state index in [0.29, 0.717) is 13.2 Å². The minimum Gasteiger partial charge on any atom is -0.497 e. The van der Waals surface area contributed by atoms with E-state index in [2.05, 4.69) is 10.2 Å². The van der Waals surface area contributed by atoms with Gasteiger partial charge >= 0.3 is 0 Å². The number of nitrogens with zero attached hydrogens (tertiary/aromatic N) is 1. The van der Waals surface area contributed by atoms with Gasteiger partial charge < -0.3 is 19.5 Å². The van der Waals surface area contributed by atoms with Crippen molar-refractivity contribution in [2.24, 2.45) is 0 Å². The maximum Gasteiger partial charge on any atom is 0.238 e. The molecule has 1 N–H and O–H groups in total. The van der Waals surface area contributed by atoms with Gasteiger partial charge in [0.2, 0.25) is 5.91 Å². The third kappa shape index (κ3) is 4.75. The summed E-state index contributed by atoms with van der Waals surface area (Å²) in [6.45, 7) is 3.79. The summed E-state index contributed by atoms with van der Waals surface area (Å²) in [6.07, 6.45) is 2.05. The van der Waals surface area contributed by atoms with Crippen LogP contribution in [0.3, 0.4) is 0 Å². The molecule has 28 heavy (non-hydrogen) atoms. The zero-order valence-electron chi connectivity index (χ0n) is 16.7. The van der Waals surface area contributed by atoms with E-state index in [9.17, 15) is 4.79 Å². The monoisotopic (exact) mass is 384 g/mol. The number of methoxy groups -OCH3 is 2. The van der Waals surface area contributed by atoms with Crippen molar-refractivity contribution in [3.8, 4) is 17.2 Å². The Morgan fingerprint density at radius 1 is 1.11 bits per heavy atom. The van der Waals surface area contributed by atoms with Gasteiger partial charge in [0.25, 0.3) is 0 Å². The normalized spacial score (nSPS) is 16.6. The molecule has 0 saturated carbocycles. The van der Waals surface area contributed by atoms with E-state index in [4.69, 9.17) is 14.2 Å². The van der Waals surface area contributed by atoms with E-state index >= 15 is 0 Å². The fourth-order valence-electron chi connectivity index (χ4n) is 3.65. The molecule has 0 aromatic heterocycles. The van der Waals surface area contributed by atoms with Gasteiger partial charge in [-0.25, -0.2) is 0 Å². The number of rotatable bonds is 8. The number of anilines is 1.